The van der Waals surface area contributed by atoms with Crippen LogP contribution in [-0.4, -0.2) is 37.2 Å². The Hall–Kier alpha value is -2.89. The van der Waals surface area contributed by atoms with Crippen LogP contribution in [0.1, 0.15) is 355 Å². The Bertz CT molecular complexity index is 1380. The van der Waals surface area contributed by atoms with Crippen molar-refractivity contribution in [2.45, 2.75) is 361 Å². The minimum absolute atomic E-state index is 0.0758. The van der Waals surface area contributed by atoms with Gasteiger partial charge in [0.2, 0.25) is 0 Å². The average Bonchev–Trinajstić information content (AvgIpc) is 3.43. The molecule has 1 unspecified atom stereocenters. The second-order valence-corrected chi connectivity index (χ2v) is 22.7. The lowest BCUT2D eigenvalue weighted by atomic mass is 10.0. The van der Waals surface area contributed by atoms with Gasteiger partial charge in [0.05, 0.1) is 0 Å². The zero-order valence-corrected chi connectivity index (χ0v) is 51.5. The Kier molecular flexibility index (Phi) is 63.2. The molecule has 0 bridgehead atoms. The van der Waals surface area contributed by atoms with Crippen molar-refractivity contribution in [3.8, 4) is 0 Å². The maximum atomic E-state index is 12.9. The number of ether oxygens (including phenoxy) is 3. The largest absolute Gasteiger partial charge is 0.462 e. The Balaban J connectivity index is 4.15. The fourth-order valence-corrected chi connectivity index (χ4v) is 9.89. The molecule has 0 radical (unpaired) electrons. The summed E-state index contributed by atoms with van der Waals surface area (Å²) in [6, 6.07) is 0. The summed E-state index contributed by atoms with van der Waals surface area (Å²) in [6.45, 7) is 6.63. The zero-order valence-electron chi connectivity index (χ0n) is 51.5. The van der Waals surface area contributed by atoms with Crippen molar-refractivity contribution in [1.82, 2.24) is 0 Å². The van der Waals surface area contributed by atoms with E-state index in [1.165, 1.54) is 231 Å². The first-order chi connectivity index (χ1) is 38.0. The zero-order chi connectivity index (χ0) is 55.7. The van der Waals surface area contributed by atoms with E-state index in [1.807, 2.05) is 0 Å². The molecule has 0 rings (SSSR count). The maximum absolute atomic E-state index is 12.9. The predicted molar refractivity (Wildman–Crippen MR) is 335 cm³/mol. The highest BCUT2D eigenvalue weighted by Crippen LogP contribution is 2.17. The smallest absolute Gasteiger partial charge is 0.306 e. The first-order valence-corrected chi connectivity index (χ1v) is 33.8. The molecule has 0 saturated heterocycles. The van der Waals surface area contributed by atoms with Gasteiger partial charge >= 0.3 is 17.9 Å². The van der Waals surface area contributed by atoms with Crippen LogP contribution in [0.15, 0.2) is 60.8 Å². The van der Waals surface area contributed by atoms with Gasteiger partial charge in [-0.05, 0) is 89.9 Å². The third-order valence-corrected chi connectivity index (χ3v) is 15.0. The molecule has 0 aliphatic rings. The molecular weight excluding hydrogens is 949 g/mol. The molecule has 0 spiro atoms. The molecule has 0 fully saturated rings. The number of unbranched alkanes of at least 4 members (excludes halogenated alkanes) is 41. The molecular formula is C71H128O6. The normalized spacial score (nSPS) is 12.4. The van der Waals surface area contributed by atoms with Crippen LogP contribution < -0.4 is 0 Å². The van der Waals surface area contributed by atoms with Crippen LogP contribution in [0, 0.1) is 0 Å². The topological polar surface area (TPSA) is 78.9 Å². The standard InChI is InChI=1S/C71H128O6/c1-4-7-10-13-16-19-21-23-25-27-29-31-32-33-34-35-36-37-38-40-41-43-45-47-49-52-55-58-61-64-70(73)76-67-68(66-75-69(72)63-60-57-54-51-18-15-12-9-6-3)77-71(74)65-62-59-56-53-50-48-46-44-42-39-30-28-26-24-22-20-17-14-11-8-5-2/h21-24,27-30,42,44,68H,4-20,25-26,31-41,43,45-67H2,1-3H3/b23-21-,24-22-,29-27-,30-28-,44-42-. The monoisotopic (exact) mass is 1080 g/mol. The van der Waals surface area contributed by atoms with Gasteiger partial charge in [-0.3, -0.25) is 14.4 Å². The van der Waals surface area contributed by atoms with E-state index in [9.17, 15) is 14.4 Å². The molecule has 0 aliphatic heterocycles. The van der Waals surface area contributed by atoms with E-state index in [4.69, 9.17) is 14.2 Å². The lowest BCUT2D eigenvalue weighted by Gasteiger charge is -2.18. The van der Waals surface area contributed by atoms with Gasteiger partial charge in [0, 0.05) is 19.3 Å². The summed E-state index contributed by atoms with van der Waals surface area (Å²) in [6.07, 6.45) is 84.0. The highest BCUT2D eigenvalue weighted by molar-refractivity contribution is 5.71. The van der Waals surface area contributed by atoms with Crippen LogP contribution in [0.4, 0.5) is 0 Å². The van der Waals surface area contributed by atoms with E-state index in [2.05, 4.69) is 81.5 Å². The molecule has 0 amide bonds. The van der Waals surface area contributed by atoms with Gasteiger partial charge < -0.3 is 14.2 Å². The van der Waals surface area contributed by atoms with Crippen molar-refractivity contribution in [3.63, 3.8) is 0 Å². The van der Waals surface area contributed by atoms with Crippen LogP contribution in [0.5, 0.6) is 0 Å². The third-order valence-electron chi connectivity index (χ3n) is 15.0. The summed E-state index contributed by atoms with van der Waals surface area (Å²) < 4.78 is 16.9. The highest BCUT2D eigenvalue weighted by atomic mass is 16.6. The lowest BCUT2D eigenvalue weighted by Crippen LogP contribution is -2.30. The van der Waals surface area contributed by atoms with Crippen LogP contribution in [0.25, 0.3) is 0 Å². The molecule has 1 atom stereocenters. The molecule has 0 aromatic carbocycles. The van der Waals surface area contributed by atoms with E-state index >= 15 is 0 Å². The Morgan fingerprint density at radius 1 is 0.260 bits per heavy atom. The van der Waals surface area contributed by atoms with E-state index in [0.717, 1.165) is 83.5 Å². The fourth-order valence-electron chi connectivity index (χ4n) is 9.89. The number of hydrogen-bond donors (Lipinski definition) is 0. The highest BCUT2D eigenvalue weighted by Gasteiger charge is 2.19. The van der Waals surface area contributed by atoms with Gasteiger partial charge in [0.1, 0.15) is 13.2 Å². The minimum atomic E-state index is -0.779. The quantitative estimate of drug-likeness (QED) is 0.0261. The van der Waals surface area contributed by atoms with Gasteiger partial charge in [0.15, 0.2) is 6.10 Å². The summed E-state index contributed by atoms with van der Waals surface area (Å²) in [4.78, 5) is 38.2. The van der Waals surface area contributed by atoms with E-state index < -0.39 is 6.10 Å². The molecule has 0 aliphatic carbocycles. The summed E-state index contributed by atoms with van der Waals surface area (Å²) in [7, 11) is 0. The third kappa shape index (κ3) is 63.8. The van der Waals surface area contributed by atoms with Gasteiger partial charge in [0.25, 0.3) is 0 Å². The maximum Gasteiger partial charge on any atom is 0.306 e. The summed E-state index contributed by atoms with van der Waals surface area (Å²) >= 11 is 0. The minimum Gasteiger partial charge on any atom is -0.462 e. The van der Waals surface area contributed by atoms with Gasteiger partial charge in [-0.25, -0.2) is 0 Å². The summed E-state index contributed by atoms with van der Waals surface area (Å²) in [5, 5.41) is 0. The first kappa shape index (κ1) is 74.1. The fraction of sp³-hybridized carbons (Fsp3) is 0.817. The number of carbonyl (C=O) groups excluding carboxylic acids is 3. The van der Waals surface area contributed by atoms with Crippen molar-refractivity contribution in [1.29, 1.82) is 0 Å². The number of hydrogen-bond acceptors (Lipinski definition) is 6. The number of esters is 3. The molecule has 77 heavy (non-hydrogen) atoms. The van der Waals surface area contributed by atoms with Crippen LogP contribution in [0.2, 0.25) is 0 Å². The molecule has 0 heterocycles. The van der Waals surface area contributed by atoms with Crippen LogP contribution in [-0.2, 0) is 28.6 Å². The summed E-state index contributed by atoms with van der Waals surface area (Å²) in [5.41, 5.74) is 0. The second-order valence-electron chi connectivity index (χ2n) is 22.7. The molecule has 0 aromatic heterocycles. The lowest BCUT2D eigenvalue weighted by molar-refractivity contribution is -0.167. The number of allylic oxidation sites excluding steroid dienone is 10. The average molecular weight is 1080 g/mol. The molecule has 6 nitrogen and oxygen atoms in total. The molecule has 6 heteroatoms. The van der Waals surface area contributed by atoms with Crippen molar-refractivity contribution < 1.29 is 28.6 Å². The van der Waals surface area contributed by atoms with E-state index in [-0.39, 0.29) is 31.1 Å². The SMILES string of the molecule is CCCCCCC/C=C\C/C=C\C/C=C\CCCCCCCCC(=O)OC(COC(=O)CCCCCCCCCCC)COC(=O)CCCCCCCCCCCCCCCCCCC/C=C\C/C=C\CCCCCCC. The van der Waals surface area contributed by atoms with Gasteiger partial charge in [-0.1, -0.05) is 306 Å². The van der Waals surface area contributed by atoms with Crippen molar-refractivity contribution >= 4 is 17.9 Å². The van der Waals surface area contributed by atoms with Gasteiger partial charge in [-0.2, -0.15) is 0 Å². The Morgan fingerprint density at radius 2 is 0.468 bits per heavy atom. The second kappa shape index (κ2) is 65.6. The number of carbonyl (C=O) groups is 3. The summed E-state index contributed by atoms with van der Waals surface area (Å²) in [5.74, 6) is -0.873. The number of rotatable bonds is 62. The van der Waals surface area contributed by atoms with Crippen LogP contribution in [0.3, 0.4) is 0 Å². The molecule has 0 aromatic rings. The molecule has 448 valence electrons. The predicted octanol–water partition coefficient (Wildman–Crippen LogP) is 23.1. The van der Waals surface area contributed by atoms with E-state index in [0.29, 0.717) is 19.3 Å². The van der Waals surface area contributed by atoms with E-state index in [1.54, 1.807) is 0 Å². The van der Waals surface area contributed by atoms with Crippen molar-refractivity contribution in [3.05, 3.63) is 60.8 Å². The van der Waals surface area contributed by atoms with Crippen molar-refractivity contribution in [2.75, 3.05) is 13.2 Å². The molecule has 0 N–H and O–H groups in total. The Labute approximate surface area is 479 Å². The van der Waals surface area contributed by atoms with Crippen LogP contribution >= 0.6 is 0 Å². The Morgan fingerprint density at radius 3 is 0.727 bits per heavy atom. The van der Waals surface area contributed by atoms with Crippen molar-refractivity contribution in [2.24, 2.45) is 0 Å². The first-order valence-electron chi connectivity index (χ1n) is 33.8. The molecule has 0 saturated carbocycles. The van der Waals surface area contributed by atoms with Gasteiger partial charge in [-0.15, -0.1) is 0 Å².